The van der Waals surface area contributed by atoms with Crippen molar-refractivity contribution >= 4 is 29.5 Å². The van der Waals surface area contributed by atoms with Gasteiger partial charge in [0.05, 0.1) is 6.04 Å². The number of piperazine rings is 1. The summed E-state index contributed by atoms with van der Waals surface area (Å²) >= 11 is 0. The number of carbonyl (C=O) groups excluding carboxylic acids is 5. The first-order valence-corrected chi connectivity index (χ1v) is 14.7. The summed E-state index contributed by atoms with van der Waals surface area (Å²) in [5.41, 5.74) is -1.12. The average Bonchev–Trinajstić information content (AvgIpc) is 3.43. The Hall–Kier alpha value is -2.65. The molecule has 0 bridgehead atoms. The molecule has 1 aliphatic heterocycles. The standard InChI is InChI=1S/C28H47N5O5/c1-4-5-13-22(23(34)24(35)29-21-11-7-8-12-21)30-26(37)28(14-9-6-10-15-28)31-27(38)33-18-16-32(17-19-33)25(36)20(2)3/h20-22H,4-19H2,1-3H3,(H,29,35)(H,30,37)(H,31,38)/t22-/m0/s1. The van der Waals surface area contributed by atoms with E-state index in [0.29, 0.717) is 51.9 Å². The van der Waals surface area contributed by atoms with Gasteiger partial charge in [-0.15, -0.1) is 0 Å². The second-order valence-electron chi connectivity index (χ2n) is 11.5. The molecule has 0 aromatic carbocycles. The van der Waals surface area contributed by atoms with Crippen molar-refractivity contribution in [2.45, 2.75) is 115 Å². The number of hydrogen-bond donors (Lipinski definition) is 3. The van der Waals surface area contributed by atoms with Gasteiger partial charge in [-0.2, -0.15) is 0 Å². The Kier molecular flexibility index (Phi) is 11.0. The highest BCUT2D eigenvalue weighted by atomic mass is 16.2. The summed E-state index contributed by atoms with van der Waals surface area (Å²) in [6, 6.07) is -1.21. The van der Waals surface area contributed by atoms with E-state index in [9.17, 15) is 24.0 Å². The predicted molar refractivity (Wildman–Crippen MR) is 144 cm³/mol. The van der Waals surface area contributed by atoms with Gasteiger partial charge in [0, 0.05) is 38.1 Å². The summed E-state index contributed by atoms with van der Waals surface area (Å²) in [5.74, 6) is -1.64. The molecule has 0 aromatic rings. The van der Waals surface area contributed by atoms with E-state index in [4.69, 9.17) is 0 Å². The minimum absolute atomic E-state index is 0.0225. The monoisotopic (exact) mass is 533 g/mol. The highest BCUT2D eigenvalue weighted by molar-refractivity contribution is 6.38. The number of Topliss-reactive ketones (excluding diaryl/α,β-unsaturated/α-hetero) is 1. The second kappa shape index (κ2) is 13.9. The van der Waals surface area contributed by atoms with E-state index in [-0.39, 0.29) is 29.8 Å². The zero-order valence-electron chi connectivity index (χ0n) is 23.5. The number of hydrogen-bond acceptors (Lipinski definition) is 5. The van der Waals surface area contributed by atoms with Gasteiger partial charge < -0.3 is 25.8 Å². The van der Waals surface area contributed by atoms with Crippen LogP contribution in [0.15, 0.2) is 0 Å². The average molecular weight is 534 g/mol. The van der Waals surface area contributed by atoms with Crippen LogP contribution < -0.4 is 16.0 Å². The van der Waals surface area contributed by atoms with E-state index in [2.05, 4.69) is 16.0 Å². The van der Waals surface area contributed by atoms with Gasteiger partial charge in [-0.25, -0.2) is 4.79 Å². The van der Waals surface area contributed by atoms with Gasteiger partial charge in [0.1, 0.15) is 5.54 Å². The van der Waals surface area contributed by atoms with Crippen LogP contribution in [0, 0.1) is 5.92 Å². The van der Waals surface area contributed by atoms with Crippen LogP contribution >= 0.6 is 0 Å². The topological polar surface area (TPSA) is 128 Å². The maximum absolute atomic E-state index is 13.7. The number of nitrogens with zero attached hydrogens (tertiary/aromatic N) is 2. The lowest BCUT2D eigenvalue weighted by molar-refractivity contribution is -0.141. The van der Waals surface area contributed by atoms with Gasteiger partial charge in [-0.1, -0.05) is 65.7 Å². The minimum Gasteiger partial charge on any atom is -0.347 e. The quantitative estimate of drug-likeness (QED) is 0.372. The number of carbonyl (C=O) groups is 5. The Morgan fingerprint density at radius 1 is 0.868 bits per heavy atom. The van der Waals surface area contributed by atoms with Crippen LogP contribution in [-0.2, 0) is 19.2 Å². The van der Waals surface area contributed by atoms with E-state index in [0.717, 1.165) is 51.4 Å². The van der Waals surface area contributed by atoms with Crippen LogP contribution in [0.2, 0.25) is 0 Å². The highest BCUT2D eigenvalue weighted by Crippen LogP contribution is 2.29. The number of unbranched alkanes of at least 4 members (excludes halogenated alkanes) is 1. The van der Waals surface area contributed by atoms with E-state index in [1.807, 2.05) is 20.8 Å². The van der Waals surface area contributed by atoms with Gasteiger partial charge in [-0.3, -0.25) is 19.2 Å². The molecule has 38 heavy (non-hydrogen) atoms. The van der Waals surface area contributed by atoms with Gasteiger partial charge in [0.2, 0.25) is 17.6 Å². The molecule has 2 saturated carbocycles. The van der Waals surface area contributed by atoms with Gasteiger partial charge >= 0.3 is 6.03 Å². The molecular formula is C28H47N5O5. The molecule has 0 aromatic heterocycles. The summed E-state index contributed by atoms with van der Waals surface area (Å²) in [5, 5.41) is 8.74. The third kappa shape index (κ3) is 7.69. The molecule has 1 atom stereocenters. The van der Waals surface area contributed by atoms with Gasteiger partial charge in [-0.05, 0) is 32.1 Å². The molecule has 3 rings (SSSR count). The number of ketones is 1. The van der Waals surface area contributed by atoms with Gasteiger partial charge in [0.25, 0.3) is 5.91 Å². The van der Waals surface area contributed by atoms with Crippen LogP contribution in [0.25, 0.3) is 0 Å². The third-order valence-electron chi connectivity index (χ3n) is 8.24. The molecule has 3 fully saturated rings. The van der Waals surface area contributed by atoms with E-state index < -0.39 is 23.3 Å². The Morgan fingerprint density at radius 3 is 2.05 bits per heavy atom. The van der Waals surface area contributed by atoms with Crippen molar-refractivity contribution in [2.75, 3.05) is 26.2 Å². The van der Waals surface area contributed by atoms with Crippen molar-refractivity contribution < 1.29 is 24.0 Å². The minimum atomic E-state index is -1.12. The summed E-state index contributed by atoms with van der Waals surface area (Å²) in [6.07, 6.45) is 9.28. The second-order valence-corrected chi connectivity index (χ2v) is 11.5. The molecule has 1 heterocycles. The fourth-order valence-corrected chi connectivity index (χ4v) is 5.80. The van der Waals surface area contributed by atoms with Crippen LogP contribution in [0.5, 0.6) is 0 Å². The van der Waals surface area contributed by atoms with Crippen molar-refractivity contribution in [1.29, 1.82) is 0 Å². The SMILES string of the molecule is CCCC[C@H](NC(=O)C1(NC(=O)N2CCN(C(=O)C(C)C)CC2)CCCCC1)C(=O)C(=O)NC1CCCC1. The Bertz CT molecular complexity index is 856. The number of urea groups is 1. The Labute approximate surface area is 227 Å². The molecule has 5 amide bonds. The molecule has 0 radical (unpaired) electrons. The number of amides is 5. The molecule has 1 saturated heterocycles. The zero-order chi connectivity index (χ0) is 27.7. The lowest BCUT2D eigenvalue weighted by Crippen LogP contribution is -2.65. The zero-order valence-corrected chi connectivity index (χ0v) is 23.5. The van der Waals surface area contributed by atoms with Crippen molar-refractivity contribution in [3.8, 4) is 0 Å². The first kappa shape index (κ1) is 29.9. The Morgan fingerprint density at radius 2 is 1.47 bits per heavy atom. The molecule has 10 nitrogen and oxygen atoms in total. The first-order chi connectivity index (χ1) is 18.2. The normalized spacial score (nSPS) is 20.6. The van der Waals surface area contributed by atoms with E-state index in [1.165, 1.54) is 0 Å². The molecule has 0 spiro atoms. The fraction of sp³-hybridized carbons (Fsp3) is 0.821. The van der Waals surface area contributed by atoms with Crippen molar-refractivity contribution in [2.24, 2.45) is 5.92 Å². The third-order valence-corrected chi connectivity index (χ3v) is 8.24. The maximum atomic E-state index is 13.7. The summed E-state index contributed by atoms with van der Waals surface area (Å²) in [6.45, 7) is 7.47. The van der Waals surface area contributed by atoms with Crippen molar-refractivity contribution in [3.63, 3.8) is 0 Å². The van der Waals surface area contributed by atoms with E-state index >= 15 is 0 Å². The number of rotatable bonds is 10. The van der Waals surface area contributed by atoms with Crippen molar-refractivity contribution in [3.05, 3.63) is 0 Å². The lowest BCUT2D eigenvalue weighted by Gasteiger charge is -2.41. The maximum Gasteiger partial charge on any atom is 0.318 e. The molecule has 214 valence electrons. The smallest absolute Gasteiger partial charge is 0.318 e. The molecule has 3 N–H and O–H groups in total. The number of nitrogens with one attached hydrogen (secondary N) is 3. The molecule has 0 unspecified atom stereocenters. The van der Waals surface area contributed by atoms with Crippen LogP contribution in [0.1, 0.15) is 97.8 Å². The predicted octanol–water partition coefficient (Wildman–Crippen LogP) is 2.50. The summed E-state index contributed by atoms with van der Waals surface area (Å²) in [7, 11) is 0. The van der Waals surface area contributed by atoms with E-state index in [1.54, 1.807) is 9.80 Å². The van der Waals surface area contributed by atoms with Crippen LogP contribution in [-0.4, -0.2) is 83.1 Å². The summed E-state index contributed by atoms with van der Waals surface area (Å²) < 4.78 is 0. The van der Waals surface area contributed by atoms with Crippen LogP contribution in [0.4, 0.5) is 4.79 Å². The molecule has 2 aliphatic carbocycles. The van der Waals surface area contributed by atoms with Crippen LogP contribution in [0.3, 0.4) is 0 Å². The largest absolute Gasteiger partial charge is 0.347 e. The fourth-order valence-electron chi connectivity index (χ4n) is 5.80. The first-order valence-electron chi connectivity index (χ1n) is 14.7. The molecule has 10 heteroatoms. The highest BCUT2D eigenvalue weighted by Gasteiger charge is 2.44. The van der Waals surface area contributed by atoms with Gasteiger partial charge in [0.15, 0.2) is 0 Å². The Balaban J connectivity index is 1.66. The molecular weight excluding hydrogens is 486 g/mol. The van der Waals surface area contributed by atoms with Crippen molar-refractivity contribution in [1.82, 2.24) is 25.8 Å². The molecule has 3 aliphatic rings. The summed E-state index contributed by atoms with van der Waals surface area (Å²) in [4.78, 5) is 68.6. The lowest BCUT2D eigenvalue weighted by atomic mass is 9.80.